The van der Waals surface area contributed by atoms with Gasteiger partial charge in [0.15, 0.2) is 8.68 Å². The minimum absolute atomic E-state index is 0.911. The van der Waals surface area contributed by atoms with Crippen molar-refractivity contribution in [3.63, 3.8) is 0 Å². The summed E-state index contributed by atoms with van der Waals surface area (Å²) in [6.45, 7) is 5.88. The summed E-state index contributed by atoms with van der Waals surface area (Å²) in [7, 11) is 0. The Balaban J connectivity index is 1.51. The van der Waals surface area contributed by atoms with E-state index in [9.17, 15) is 0 Å². The fourth-order valence-corrected chi connectivity index (χ4v) is 4.97. The van der Waals surface area contributed by atoms with Crippen molar-refractivity contribution in [3.8, 4) is 0 Å². The predicted molar refractivity (Wildman–Crippen MR) is 107 cm³/mol. The van der Waals surface area contributed by atoms with Gasteiger partial charge < -0.3 is 0 Å². The van der Waals surface area contributed by atoms with Gasteiger partial charge in [0.1, 0.15) is 0 Å². The van der Waals surface area contributed by atoms with Crippen LogP contribution in [0.25, 0.3) is 6.08 Å². The molecule has 3 rings (SSSR count). The molecule has 1 heterocycles. The van der Waals surface area contributed by atoms with E-state index in [2.05, 4.69) is 72.2 Å². The van der Waals surface area contributed by atoms with Gasteiger partial charge >= 0.3 is 0 Å². The lowest BCUT2D eigenvalue weighted by Gasteiger charge is -2.00. The van der Waals surface area contributed by atoms with Gasteiger partial charge in [0.05, 0.1) is 0 Å². The van der Waals surface area contributed by atoms with Gasteiger partial charge in [0, 0.05) is 11.5 Å². The van der Waals surface area contributed by atoms with Crippen LogP contribution in [-0.4, -0.2) is 10.2 Å². The molecule has 0 aliphatic heterocycles. The van der Waals surface area contributed by atoms with Crippen molar-refractivity contribution in [2.75, 3.05) is 0 Å². The Hall–Kier alpha value is -1.56. The van der Waals surface area contributed by atoms with Gasteiger partial charge in [-0.2, -0.15) is 0 Å². The maximum atomic E-state index is 4.29. The summed E-state index contributed by atoms with van der Waals surface area (Å²) in [5.41, 5.74) is 5.04. The van der Waals surface area contributed by atoms with Crippen LogP contribution >= 0.6 is 34.9 Å². The summed E-state index contributed by atoms with van der Waals surface area (Å²) in [5.74, 6) is 1.84. The summed E-state index contributed by atoms with van der Waals surface area (Å²) in [5, 5.41) is 8.57. The molecule has 3 aromatic rings. The van der Waals surface area contributed by atoms with Gasteiger partial charge in [-0.05, 0) is 23.6 Å². The van der Waals surface area contributed by atoms with E-state index in [4.69, 9.17) is 0 Å². The van der Waals surface area contributed by atoms with Crippen LogP contribution in [0.4, 0.5) is 0 Å². The number of nitrogens with zero attached hydrogens (tertiary/aromatic N) is 2. The Morgan fingerprint density at radius 3 is 1.88 bits per heavy atom. The van der Waals surface area contributed by atoms with Crippen molar-refractivity contribution >= 4 is 40.9 Å². The normalized spacial score (nSPS) is 10.7. The van der Waals surface area contributed by atoms with Crippen molar-refractivity contribution < 1.29 is 0 Å². The van der Waals surface area contributed by atoms with Gasteiger partial charge in [-0.3, -0.25) is 0 Å². The minimum Gasteiger partial charge on any atom is -0.131 e. The van der Waals surface area contributed by atoms with Crippen LogP contribution in [-0.2, 0) is 11.5 Å². The van der Waals surface area contributed by atoms with E-state index in [-0.39, 0.29) is 0 Å². The highest BCUT2D eigenvalue weighted by atomic mass is 32.2. The summed E-state index contributed by atoms with van der Waals surface area (Å²) < 4.78 is 2.05. The van der Waals surface area contributed by atoms with Gasteiger partial charge in [-0.25, -0.2) is 0 Å². The molecule has 1 aromatic heterocycles. The molecule has 0 spiro atoms. The minimum atomic E-state index is 0.911. The van der Waals surface area contributed by atoms with Crippen LogP contribution in [0.5, 0.6) is 0 Å². The van der Waals surface area contributed by atoms with E-state index in [1.807, 2.05) is 6.08 Å². The lowest BCUT2D eigenvalue weighted by Crippen LogP contribution is -1.81. The number of aromatic nitrogens is 2. The molecule has 122 valence electrons. The number of aryl methyl sites for hydroxylation is 1. The second-order valence-electron chi connectivity index (χ2n) is 5.34. The predicted octanol–water partition coefficient (Wildman–Crippen LogP) is 6.07. The van der Waals surface area contributed by atoms with Crippen molar-refractivity contribution in [2.24, 2.45) is 0 Å². The second kappa shape index (κ2) is 8.51. The molecule has 0 amide bonds. The number of thioether (sulfide) groups is 2. The monoisotopic (exact) mass is 370 g/mol. The first-order valence-corrected chi connectivity index (χ1v) is 10.4. The Bertz CT molecular complexity index is 792. The first-order chi connectivity index (χ1) is 11.7. The smallest absolute Gasteiger partial charge is 0.131 e. The van der Waals surface area contributed by atoms with Crippen LogP contribution in [0.15, 0.2) is 63.8 Å². The van der Waals surface area contributed by atoms with Gasteiger partial charge in [0.2, 0.25) is 0 Å². The van der Waals surface area contributed by atoms with E-state index in [0.717, 1.165) is 25.7 Å². The Labute approximate surface area is 155 Å². The van der Waals surface area contributed by atoms with Crippen molar-refractivity contribution in [3.05, 3.63) is 77.4 Å². The van der Waals surface area contributed by atoms with Crippen LogP contribution in [0.2, 0.25) is 0 Å². The van der Waals surface area contributed by atoms with Crippen LogP contribution in [0.1, 0.15) is 22.3 Å². The average Bonchev–Trinajstić information content (AvgIpc) is 3.08. The molecule has 0 radical (unpaired) electrons. The summed E-state index contributed by atoms with van der Waals surface area (Å²) in [4.78, 5) is 0. The molecule has 0 fully saturated rings. The third-order valence-corrected chi connectivity index (χ3v) is 6.78. The highest BCUT2D eigenvalue weighted by Crippen LogP contribution is 2.32. The first kappa shape index (κ1) is 17.3. The number of rotatable bonds is 7. The lowest BCUT2D eigenvalue weighted by atomic mass is 10.1. The Morgan fingerprint density at radius 1 is 0.875 bits per heavy atom. The molecule has 5 heteroatoms. The molecule has 0 atom stereocenters. The third-order valence-electron chi connectivity index (χ3n) is 3.45. The molecule has 0 bridgehead atoms. The Kier molecular flexibility index (Phi) is 6.12. The average molecular weight is 371 g/mol. The molecule has 0 saturated heterocycles. The number of hydrogen-bond donors (Lipinski definition) is 0. The quantitative estimate of drug-likeness (QED) is 0.471. The van der Waals surface area contributed by atoms with E-state index in [1.54, 1.807) is 34.9 Å². The first-order valence-electron chi connectivity index (χ1n) is 7.59. The molecular formula is C19H18N2S3. The molecule has 0 aliphatic carbocycles. The van der Waals surface area contributed by atoms with Gasteiger partial charge in [-0.15, -0.1) is 10.2 Å². The summed E-state index contributed by atoms with van der Waals surface area (Å²) in [6.07, 6.45) is 1.86. The second-order valence-corrected chi connectivity index (χ2v) is 8.76. The zero-order valence-corrected chi connectivity index (χ0v) is 15.9. The maximum absolute atomic E-state index is 4.29. The highest BCUT2D eigenvalue weighted by molar-refractivity contribution is 8.02. The van der Waals surface area contributed by atoms with Crippen molar-refractivity contribution in [1.29, 1.82) is 0 Å². The third kappa shape index (κ3) is 4.97. The SMILES string of the molecule is C=Cc1ccc(CSc2nnc(SCc3ccc(C)cc3)s2)cc1. The highest BCUT2D eigenvalue weighted by Gasteiger charge is 2.06. The van der Waals surface area contributed by atoms with Crippen molar-refractivity contribution in [2.45, 2.75) is 27.1 Å². The molecule has 24 heavy (non-hydrogen) atoms. The number of benzene rings is 2. The topological polar surface area (TPSA) is 25.8 Å². The van der Waals surface area contributed by atoms with Crippen LogP contribution < -0.4 is 0 Å². The fourth-order valence-electron chi connectivity index (χ4n) is 2.04. The lowest BCUT2D eigenvalue weighted by molar-refractivity contribution is 0.954. The molecular weight excluding hydrogens is 352 g/mol. The number of hydrogen-bond acceptors (Lipinski definition) is 5. The van der Waals surface area contributed by atoms with E-state index < -0.39 is 0 Å². The zero-order chi connectivity index (χ0) is 16.8. The van der Waals surface area contributed by atoms with E-state index in [0.29, 0.717) is 0 Å². The van der Waals surface area contributed by atoms with E-state index >= 15 is 0 Å². The Morgan fingerprint density at radius 2 is 1.38 bits per heavy atom. The fraction of sp³-hybridized carbons (Fsp3) is 0.158. The molecule has 2 aromatic carbocycles. The summed E-state index contributed by atoms with van der Waals surface area (Å²) in [6, 6.07) is 17.1. The summed E-state index contributed by atoms with van der Waals surface area (Å²) >= 11 is 5.15. The standard InChI is InChI=1S/C19H18N2S3/c1-3-15-8-10-17(11-9-15)13-23-19-21-20-18(24-19)22-12-16-6-4-14(2)5-7-16/h3-11H,1,12-13H2,2H3. The van der Waals surface area contributed by atoms with Crippen LogP contribution in [0, 0.1) is 6.92 Å². The van der Waals surface area contributed by atoms with Crippen molar-refractivity contribution in [1.82, 2.24) is 10.2 Å². The molecule has 0 aliphatic rings. The molecule has 2 nitrogen and oxygen atoms in total. The van der Waals surface area contributed by atoms with Gasteiger partial charge in [0.25, 0.3) is 0 Å². The largest absolute Gasteiger partial charge is 0.175 e. The van der Waals surface area contributed by atoms with Crippen LogP contribution in [0.3, 0.4) is 0 Å². The van der Waals surface area contributed by atoms with E-state index in [1.165, 1.54) is 16.7 Å². The maximum Gasteiger partial charge on any atom is 0.175 e. The van der Waals surface area contributed by atoms with Gasteiger partial charge in [-0.1, -0.05) is 102 Å². The molecule has 0 unspecified atom stereocenters. The zero-order valence-electron chi connectivity index (χ0n) is 13.4. The molecule has 0 saturated carbocycles. The molecule has 0 N–H and O–H groups in total.